The number of rotatable bonds is 2. The first-order valence-corrected chi connectivity index (χ1v) is 6.84. The number of halogens is 1. The Bertz CT molecular complexity index is 527. The molecule has 19 heavy (non-hydrogen) atoms. The zero-order valence-corrected chi connectivity index (χ0v) is 10.9. The molecule has 1 unspecified atom stereocenters. The minimum absolute atomic E-state index is 0.428. The maximum atomic E-state index is 14.8. The minimum Gasteiger partial charge on any atom is -0.313 e. The highest BCUT2D eigenvalue weighted by molar-refractivity contribution is 5.63. The topological polar surface area (TPSA) is 12.0 Å². The van der Waals surface area contributed by atoms with Crippen LogP contribution < -0.4 is 5.32 Å². The highest BCUT2D eigenvalue weighted by Gasteiger charge is 2.33. The highest BCUT2D eigenvalue weighted by atomic mass is 19.1. The van der Waals surface area contributed by atoms with Crippen molar-refractivity contribution in [3.8, 4) is 11.1 Å². The fourth-order valence-corrected chi connectivity index (χ4v) is 2.71. The molecule has 0 aliphatic carbocycles. The second-order valence-corrected chi connectivity index (χ2v) is 5.19. The molecule has 1 saturated heterocycles. The molecule has 0 spiro atoms. The zero-order valence-electron chi connectivity index (χ0n) is 10.9. The van der Waals surface area contributed by atoms with Gasteiger partial charge in [0, 0.05) is 6.54 Å². The van der Waals surface area contributed by atoms with Crippen LogP contribution in [0.3, 0.4) is 0 Å². The molecule has 1 fully saturated rings. The normalized spacial score (nSPS) is 23.2. The number of hydrogen-bond acceptors (Lipinski definition) is 1. The highest BCUT2D eigenvalue weighted by Crippen LogP contribution is 2.33. The SMILES string of the molecule is FC1(c2ccc(-c3ccccc3)cc2)CCCNC1. The van der Waals surface area contributed by atoms with Gasteiger partial charge in [0.2, 0.25) is 0 Å². The molecular weight excluding hydrogens is 237 g/mol. The van der Waals surface area contributed by atoms with Gasteiger partial charge in [0.1, 0.15) is 5.67 Å². The Morgan fingerprint density at radius 3 is 2.21 bits per heavy atom. The largest absolute Gasteiger partial charge is 0.313 e. The van der Waals surface area contributed by atoms with Crippen LogP contribution in [0.2, 0.25) is 0 Å². The number of nitrogens with one attached hydrogen (secondary N) is 1. The van der Waals surface area contributed by atoms with Gasteiger partial charge in [0.15, 0.2) is 0 Å². The van der Waals surface area contributed by atoms with Gasteiger partial charge in [-0.2, -0.15) is 0 Å². The molecule has 2 heteroatoms. The Hall–Kier alpha value is -1.67. The third kappa shape index (κ3) is 2.54. The first-order valence-electron chi connectivity index (χ1n) is 6.84. The molecule has 0 bridgehead atoms. The second kappa shape index (κ2) is 5.14. The van der Waals surface area contributed by atoms with E-state index in [1.165, 1.54) is 5.56 Å². The van der Waals surface area contributed by atoms with Crippen LogP contribution in [0.25, 0.3) is 11.1 Å². The first-order chi connectivity index (χ1) is 9.28. The van der Waals surface area contributed by atoms with E-state index < -0.39 is 5.67 Å². The summed E-state index contributed by atoms with van der Waals surface area (Å²) >= 11 is 0. The zero-order chi connectivity index (χ0) is 13.1. The lowest BCUT2D eigenvalue weighted by Crippen LogP contribution is -2.40. The molecule has 1 nitrogen and oxygen atoms in total. The molecule has 0 radical (unpaired) electrons. The van der Waals surface area contributed by atoms with Crippen molar-refractivity contribution in [1.29, 1.82) is 0 Å². The molecule has 1 N–H and O–H groups in total. The number of benzene rings is 2. The predicted molar refractivity (Wildman–Crippen MR) is 76.8 cm³/mol. The van der Waals surface area contributed by atoms with Gasteiger partial charge in [0.05, 0.1) is 0 Å². The molecule has 1 heterocycles. The van der Waals surface area contributed by atoms with E-state index in [1.54, 1.807) is 0 Å². The quantitative estimate of drug-likeness (QED) is 0.858. The van der Waals surface area contributed by atoms with E-state index in [-0.39, 0.29) is 0 Å². The van der Waals surface area contributed by atoms with Gasteiger partial charge in [-0.3, -0.25) is 0 Å². The molecule has 0 aromatic heterocycles. The van der Waals surface area contributed by atoms with Gasteiger partial charge in [-0.1, -0.05) is 54.6 Å². The first kappa shape index (κ1) is 12.4. The Kier molecular flexibility index (Phi) is 3.34. The van der Waals surface area contributed by atoms with Gasteiger partial charge < -0.3 is 5.32 Å². The number of hydrogen-bond donors (Lipinski definition) is 1. The summed E-state index contributed by atoms with van der Waals surface area (Å²) in [6.45, 7) is 1.35. The average Bonchev–Trinajstić information content (AvgIpc) is 2.49. The van der Waals surface area contributed by atoms with Crippen molar-refractivity contribution >= 4 is 0 Å². The fraction of sp³-hybridized carbons (Fsp3) is 0.294. The average molecular weight is 255 g/mol. The smallest absolute Gasteiger partial charge is 0.148 e. The Labute approximate surface area is 113 Å². The van der Waals surface area contributed by atoms with Crippen LogP contribution in [-0.4, -0.2) is 13.1 Å². The summed E-state index contributed by atoms with van der Waals surface area (Å²) in [4.78, 5) is 0. The monoisotopic (exact) mass is 255 g/mol. The summed E-state index contributed by atoms with van der Waals surface area (Å²) in [6, 6.07) is 18.1. The van der Waals surface area contributed by atoms with E-state index in [0.29, 0.717) is 13.0 Å². The van der Waals surface area contributed by atoms with Crippen molar-refractivity contribution in [2.75, 3.05) is 13.1 Å². The number of piperidine rings is 1. The molecule has 1 atom stereocenters. The molecule has 0 saturated carbocycles. The van der Waals surface area contributed by atoms with Crippen LogP contribution in [0, 0.1) is 0 Å². The molecule has 0 amide bonds. The lowest BCUT2D eigenvalue weighted by atomic mass is 9.87. The molecule has 1 aliphatic heterocycles. The van der Waals surface area contributed by atoms with Crippen LogP contribution >= 0.6 is 0 Å². The third-order valence-electron chi connectivity index (χ3n) is 3.84. The van der Waals surface area contributed by atoms with Crippen molar-refractivity contribution < 1.29 is 4.39 Å². The molecule has 98 valence electrons. The van der Waals surface area contributed by atoms with Gasteiger partial charge in [-0.15, -0.1) is 0 Å². The van der Waals surface area contributed by atoms with Crippen molar-refractivity contribution in [2.24, 2.45) is 0 Å². The summed E-state index contributed by atoms with van der Waals surface area (Å²) in [5.74, 6) is 0. The molecule has 2 aromatic carbocycles. The maximum absolute atomic E-state index is 14.8. The van der Waals surface area contributed by atoms with Gasteiger partial charge in [-0.05, 0) is 36.1 Å². The van der Waals surface area contributed by atoms with Crippen LogP contribution in [0.15, 0.2) is 54.6 Å². The lowest BCUT2D eigenvalue weighted by molar-refractivity contribution is 0.122. The van der Waals surface area contributed by atoms with Crippen LogP contribution in [-0.2, 0) is 5.67 Å². The predicted octanol–water partition coefficient (Wildman–Crippen LogP) is 3.90. The summed E-state index contributed by atoms with van der Waals surface area (Å²) < 4.78 is 14.8. The van der Waals surface area contributed by atoms with E-state index in [0.717, 1.165) is 24.1 Å². The van der Waals surface area contributed by atoms with Gasteiger partial charge in [-0.25, -0.2) is 4.39 Å². The van der Waals surface area contributed by atoms with Crippen LogP contribution in [0.5, 0.6) is 0 Å². The maximum Gasteiger partial charge on any atom is 0.148 e. The van der Waals surface area contributed by atoms with E-state index >= 15 is 0 Å². The van der Waals surface area contributed by atoms with Crippen LogP contribution in [0.4, 0.5) is 4.39 Å². The van der Waals surface area contributed by atoms with Crippen molar-refractivity contribution in [1.82, 2.24) is 5.32 Å². The second-order valence-electron chi connectivity index (χ2n) is 5.19. The fourth-order valence-electron chi connectivity index (χ4n) is 2.71. The summed E-state index contributed by atoms with van der Waals surface area (Å²) in [5, 5.41) is 3.15. The van der Waals surface area contributed by atoms with Crippen molar-refractivity contribution in [3.63, 3.8) is 0 Å². The molecule has 2 aromatic rings. The standard InChI is InChI=1S/C17H18FN/c18-17(11-4-12-19-13-17)16-9-7-15(8-10-16)14-5-2-1-3-6-14/h1-3,5-10,19H,4,11-13H2. The van der Waals surface area contributed by atoms with E-state index in [9.17, 15) is 4.39 Å². The lowest BCUT2D eigenvalue weighted by Gasteiger charge is -2.30. The summed E-state index contributed by atoms with van der Waals surface area (Å²) in [6.07, 6.45) is 1.52. The summed E-state index contributed by atoms with van der Waals surface area (Å²) in [7, 11) is 0. The van der Waals surface area contributed by atoms with E-state index in [1.807, 2.05) is 42.5 Å². The van der Waals surface area contributed by atoms with E-state index in [4.69, 9.17) is 0 Å². The number of alkyl halides is 1. The van der Waals surface area contributed by atoms with Gasteiger partial charge >= 0.3 is 0 Å². The van der Waals surface area contributed by atoms with Crippen molar-refractivity contribution in [2.45, 2.75) is 18.5 Å². The Morgan fingerprint density at radius 2 is 1.58 bits per heavy atom. The third-order valence-corrected chi connectivity index (χ3v) is 3.84. The van der Waals surface area contributed by atoms with Gasteiger partial charge in [0.25, 0.3) is 0 Å². The molecule has 3 rings (SSSR count). The van der Waals surface area contributed by atoms with E-state index in [2.05, 4.69) is 17.4 Å². The molecule has 1 aliphatic rings. The van der Waals surface area contributed by atoms with Crippen molar-refractivity contribution in [3.05, 3.63) is 60.2 Å². The van der Waals surface area contributed by atoms with Crippen LogP contribution in [0.1, 0.15) is 18.4 Å². The minimum atomic E-state index is -1.20. The summed E-state index contributed by atoms with van der Waals surface area (Å²) in [5.41, 5.74) is 1.90. The molecular formula is C17H18FN. The Balaban J connectivity index is 1.87. The Morgan fingerprint density at radius 1 is 0.895 bits per heavy atom.